The summed E-state index contributed by atoms with van der Waals surface area (Å²) in [5.41, 5.74) is 1.28. The van der Waals surface area contributed by atoms with Gasteiger partial charge in [0.05, 0.1) is 4.90 Å². The molecule has 0 fully saturated rings. The molecule has 0 aliphatic rings. The third kappa shape index (κ3) is 4.87. The maximum Gasteiger partial charge on any atom is 0.199 e. The number of rotatable bonds is 6. The first-order chi connectivity index (χ1) is 10.1. The molecule has 2 nitrogen and oxygen atoms in total. The van der Waals surface area contributed by atoms with Crippen LogP contribution in [0.25, 0.3) is 0 Å². The highest BCUT2D eigenvalue weighted by molar-refractivity contribution is 7.94. The summed E-state index contributed by atoms with van der Waals surface area (Å²) in [4.78, 5) is 0.344. The van der Waals surface area contributed by atoms with Gasteiger partial charge >= 0.3 is 0 Å². The lowest BCUT2D eigenvalue weighted by Gasteiger charge is -2.06. The fourth-order valence-electron chi connectivity index (χ4n) is 2.06. The van der Waals surface area contributed by atoms with Crippen LogP contribution in [-0.4, -0.2) is 8.42 Å². The van der Waals surface area contributed by atoms with Crippen molar-refractivity contribution in [3.05, 3.63) is 77.7 Å². The molecular weight excluding hydrogens is 280 g/mol. The average molecular weight is 300 g/mol. The van der Waals surface area contributed by atoms with Crippen LogP contribution in [0.3, 0.4) is 0 Å². The van der Waals surface area contributed by atoms with Gasteiger partial charge < -0.3 is 0 Å². The summed E-state index contributed by atoms with van der Waals surface area (Å²) in [5.74, 6) is 0.226. The minimum atomic E-state index is -3.32. The van der Waals surface area contributed by atoms with Crippen LogP contribution >= 0.6 is 0 Å². The van der Waals surface area contributed by atoms with E-state index in [1.54, 1.807) is 30.3 Å². The quantitative estimate of drug-likeness (QED) is 0.799. The van der Waals surface area contributed by atoms with E-state index in [-0.39, 0.29) is 5.92 Å². The molecule has 0 aromatic heterocycles. The SMILES string of the molecule is CC(/C=C/S(=O)(=O)c1ccccc1)CCc1ccccc1. The summed E-state index contributed by atoms with van der Waals surface area (Å²) in [7, 11) is -3.32. The Morgan fingerprint density at radius 1 is 0.952 bits per heavy atom. The van der Waals surface area contributed by atoms with Crippen molar-refractivity contribution in [2.45, 2.75) is 24.7 Å². The molecule has 0 N–H and O–H groups in total. The monoisotopic (exact) mass is 300 g/mol. The topological polar surface area (TPSA) is 34.1 Å². The van der Waals surface area contributed by atoms with Crippen molar-refractivity contribution in [2.24, 2.45) is 5.92 Å². The number of hydrogen-bond acceptors (Lipinski definition) is 2. The van der Waals surface area contributed by atoms with Crippen molar-refractivity contribution in [1.29, 1.82) is 0 Å². The van der Waals surface area contributed by atoms with E-state index in [1.807, 2.05) is 31.2 Å². The largest absolute Gasteiger partial charge is 0.219 e. The second-order valence-corrected chi connectivity index (χ2v) is 7.02. The van der Waals surface area contributed by atoms with Gasteiger partial charge in [-0.3, -0.25) is 0 Å². The molecule has 0 saturated heterocycles. The van der Waals surface area contributed by atoms with Crippen LogP contribution in [0.1, 0.15) is 18.9 Å². The molecule has 0 amide bonds. The fourth-order valence-corrected chi connectivity index (χ4v) is 3.23. The first-order valence-corrected chi connectivity index (χ1v) is 8.65. The zero-order valence-corrected chi connectivity index (χ0v) is 13.0. The van der Waals surface area contributed by atoms with Crippen molar-refractivity contribution in [2.75, 3.05) is 0 Å². The predicted octanol–water partition coefficient (Wildman–Crippen LogP) is 4.24. The molecule has 0 radical (unpaired) electrons. The average Bonchev–Trinajstić information content (AvgIpc) is 2.53. The first-order valence-electron chi connectivity index (χ1n) is 7.10. The summed E-state index contributed by atoms with van der Waals surface area (Å²) in [6, 6.07) is 18.8. The van der Waals surface area contributed by atoms with Gasteiger partial charge in [0.25, 0.3) is 0 Å². The highest BCUT2D eigenvalue weighted by atomic mass is 32.2. The molecule has 2 aromatic rings. The maximum atomic E-state index is 12.1. The van der Waals surface area contributed by atoms with Crippen molar-refractivity contribution in [1.82, 2.24) is 0 Å². The standard InChI is InChI=1S/C18H20O2S/c1-16(12-13-17-8-4-2-5-9-17)14-15-21(19,20)18-10-6-3-7-11-18/h2-11,14-16H,12-13H2,1H3/b15-14+. The Bertz CT molecular complexity index is 674. The summed E-state index contributed by atoms with van der Waals surface area (Å²) < 4.78 is 24.2. The molecular formula is C18H20O2S. The minimum Gasteiger partial charge on any atom is -0.219 e. The third-order valence-corrected chi connectivity index (χ3v) is 4.83. The van der Waals surface area contributed by atoms with Crippen LogP contribution in [0.15, 0.2) is 77.0 Å². The third-order valence-electron chi connectivity index (χ3n) is 3.39. The van der Waals surface area contributed by atoms with Gasteiger partial charge in [0.15, 0.2) is 9.84 Å². The normalized spacial score (nSPS) is 13.4. The number of benzene rings is 2. The molecule has 0 aliphatic heterocycles. The van der Waals surface area contributed by atoms with Crippen molar-refractivity contribution < 1.29 is 8.42 Å². The zero-order valence-electron chi connectivity index (χ0n) is 12.1. The minimum absolute atomic E-state index is 0.226. The molecule has 0 aliphatic carbocycles. The molecule has 3 heteroatoms. The molecule has 0 saturated carbocycles. The predicted molar refractivity (Wildman–Crippen MR) is 86.7 cm³/mol. The zero-order chi connectivity index (χ0) is 15.1. The van der Waals surface area contributed by atoms with Gasteiger partial charge in [-0.2, -0.15) is 0 Å². The van der Waals surface area contributed by atoms with Crippen LogP contribution in [0.5, 0.6) is 0 Å². The van der Waals surface area contributed by atoms with Gasteiger partial charge in [0.2, 0.25) is 0 Å². The number of aryl methyl sites for hydroxylation is 1. The molecule has 2 aromatic carbocycles. The summed E-state index contributed by atoms with van der Waals surface area (Å²) in [6.45, 7) is 2.04. The Labute approximate surface area is 127 Å². The van der Waals surface area contributed by atoms with E-state index in [1.165, 1.54) is 11.0 Å². The van der Waals surface area contributed by atoms with Crippen molar-refractivity contribution >= 4 is 9.84 Å². The molecule has 1 unspecified atom stereocenters. The molecule has 0 heterocycles. The van der Waals surface area contributed by atoms with Gasteiger partial charge in [0, 0.05) is 5.41 Å². The van der Waals surface area contributed by atoms with E-state index in [0.29, 0.717) is 4.90 Å². The summed E-state index contributed by atoms with van der Waals surface area (Å²) >= 11 is 0. The molecule has 2 rings (SSSR count). The lowest BCUT2D eigenvalue weighted by molar-refractivity contribution is 0.603. The van der Waals surface area contributed by atoms with E-state index >= 15 is 0 Å². The number of allylic oxidation sites excluding steroid dienone is 1. The Kier molecular flexibility index (Phi) is 5.34. The second-order valence-electron chi connectivity index (χ2n) is 5.19. The Balaban J connectivity index is 1.94. The van der Waals surface area contributed by atoms with Crippen LogP contribution in [0.4, 0.5) is 0 Å². The molecule has 0 spiro atoms. The van der Waals surface area contributed by atoms with E-state index in [2.05, 4.69) is 12.1 Å². The van der Waals surface area contributed by atoms with Gasteiger partial charge in [-0.25, -0.2) is 8.42 Å². The Morgan fingerprint density at radius 2 is 1.52 bits per heavy atom. The summed E-state index contributed by atoms with van der Waals surface area (Å²) in [5, 5.41) is 1.33. The molecule has 110 valence electrons. The molecule has 0 bridgehead atoms. The fraction of sp³-hybridized carbons (Fsp3) is 0.222. The van der Waals surface area contributed by atoms with Crippen LogP contribution < -0.4 is 0 Å². The van der Waals surface area contributed by atoms with E-state index < -0.39 is 9.84 Å². The van der Waals surface area contributed by atoms with Gasteiger partial charge in [-0.1, -0.05) is 61.5 Å². The van der Waals surface area contributed by atoms with Crippen molar-refractivity contribution in [3.8, 4) is 0 Å². The van der Waals surface area contributed by atoms with Gasteiger partial charge in [-0.15, -0.1) is 0 Å². The lowest BCUT2D eigenvalue weighted by Crippen LogP contribution is -1.99. The Hall–Kier alpha value is -1.87. The maximum absolute atomic E-state index is 12.1. The molecule has 1 atom stereocenters. The highest BCUT2D eigenvalue weighted by Gasteiger charge is 2.09. The Morgan fingerprint density at radius 3 is 2.14 bits per heavy atom. The van der Waals surface area contributed by atoms with Gasteiger partial charge in [-0.05, 0) is 36.5 Å². The van der Waals surface area contributed by atoms with Crippen LogP contribution in [0.2, 0.25) is 0 Å². The van der Waals surface area contributed by atoms with Crippen LogP contribution in [0, 0.1) is 5.92 Å². The smallest absolute Gasteiger partial charge is 0.199 e. The van der Waals surface area contributed by atoms with Crippen LogP contribution in [-0.2, 0) is 16.3 Å². The second kappa shape index (κ2) is 7.23. The summed E-state index contributed by atoms with van der Waals surface area (Å²) in [6.07, 6.45) is 3.67. The first kappa shape index (κ1) is 15.5. The van der Waals surface area contributed by atoms with Crippen molar-refractivity contribution in [3.63, 3.8) is 0 Å². The van der Waals surface area contributed by atoms with Gasteiger partial charge in [0.1, 0.15) is 0 Å². The molecule has 21 heavy (non-hydrogen) atoms. The highest BCUT2D eigenvalue weighted by Crippen LogP contribution is 2.15. The van der Waals surface area contributed by atoms with E-state index in [0.717, 1.165) is 12.8 Å². The van der Waals surface area contributed by atoms with E-state index in [4.69, 9.17) is 0 Å². The lowest BCUT2D eigenvalue weighted by atomic mass is 10.0. The van der Waals surface area contributed by atoms with E-state index in [9.17, 15) is 8.42 Å². The number of hydrogen-bond donors (Lipinski definition) is 0. The number of sulfone groups is 1.